The van der Waals surface area contributed by atoms with Crippen LogP contribution in [0.1, 0.15) is 37.7 Å². The van der Waals surface area contributed by atoms with Gasteiger partial charge in [-0.05, 0) is 61.7 Å². The fourth-order valence-electron chi connectivity index (χ4n) is 2.64. The van der Waals surface area contributed by atoms with E-state index >= 15 is 0 Å². The SMILES string of the molecule is Cc1ccc(C)c(NC(=O)c2cccc(C(=O)Nc3ccccc3C)n2)c1. The lowest BCUT2D eigenvalue weighted by molar-refractivity contribution is 0.101. The van der Waals surface area contributed by atoms with Crippen LogP contribution in [0.4, 0.5) is 11.4 Å². The van der Waals surface area contributed by atoms with Gasteiger partial charge < -0.3 is 10.6 Å². The van der Waals surface area contributed by atoms with Crippen LogP contribution < -0.4 is 10.6 Å². The van der Waals surface area contributed by atoms with Gasteiger partial charge in [-0.1, -0.05) is 36.4 Å². The van der Waals surface area contributed by atoms with E-state index in [1.807, 2.05) is 63.2 Å². The molecule has 0 atom stereocenters. The molecular weight excluding hydrogens is 338 g/mol. The van der Waals surface area contributed by atoms with Gasteiger partial charge in [0.25, 0.3) is 11.8 Å². The lowest BCUT2D eigenvalue weighted by Gasteiger charge is -2.10. The van der Waals surface area contributed by atoms with E-state index in [0.717, 1.165) is 28.1 Å². The van der Waals surface area contributed by atoms with Gasteiger partial charge in [-0.3, -0.25) is 9.59 Å². The Kier molecular flexibility index (Phi) is 5.31. The van der Waals surface area contributed by atoms with Gasteiger partial charge in [-0.25, -0.2) is 4.98 Å². The molecule has 136 valence electrons. The van der Waals surface area contributed by atoms with Crippen molar-refractivity contribution in [3.63, 3.8) is 0 Å². The number of nitrogens with zero attached hydrogens (tertiary/aromatic N) is 1. The van der Waals surface area contributed by atoms with Crippen molar-refractivity contribution < 1.29 is 9.59 Å². The summed E-state index contributed by atoms with van der Waals surface area (Å²) in [6, 6.07) is 18.2. The summed E-state index contributed by atoms with van der Waals surface area (Å²) in [5.74, 6) is -0.708. The third-order valence-electron chi connectivity index (χ3n) is 4.25. The zero-order valence-electron chi connectivity index (χ0n) is 15.5. The van der Waals surface area contributed by atoms with E-state index in [9.17, 15) is 9.59 Å². The van der Waals surface area contributed by atoms with E-state index in [-0.39, 0.29) is 23.2 Å². The molecule has 0 bridgehead atoms. The summed E-state index contributed by atoms with van der Waals surface area (Å²) in [6.07, 6.45) is 0. The molecule has 5 nitrogen and oxygen atoms in total. The summed E-state index contributed by atoms with van der Waals surface area (Å²) in [5, 5.41) is 5.68. The van der Waals surface area contributed by atoms with Crippen LogP contribution in [0.2, 0.25) is 0 Å². The van der Waals surface area contributed by atoms with Crippen molar-refractivity contribution in [1.29, 1.82) is 0 Å². The highest BCUT2D eigenvalue weighted by Gasteiger charge is 2.14. The number of benzene rings is 2. The van der Waals surface area contributed by atoms with E-state index in [4.69, 9.17) is 0 Å². The zero-order valence-corrected chi connectivity index (χ0v) is 15.5. The maximum atomic E-state index is 12.6. The molecule has 1 heterocycles. The second-order valence-corrected chi connectivity index (χ2v) is 6.45. The zero-order chi connectivity index (χ0) is 19.4. The first-order chi connectivity index (χ1) is 12.9. The molecule has 0 aliphatic rings. The van der Waals surface area contributed by atoms with E-state index in [1.165, 1.54) is 0 Å². The van der Waals surface area contributed by atoms with Crippen LogP contribution in [0.15, 0.2) is 60.7 Å². The van der Waals surface area contributed by atoms with Crippen molar-refractivity contribution in [2.24, 2.45) is 0 Å². The van der Waals surface area contributed by atoms with Crippen LogP contribution >= 0.6 is 0 Å². The number of para-hydroxylation sites is 1. The van der Waals surface area contributed by atoms with Crippen LogP contribution in [0.5, 0.6) is 0 Å². The predicted molar refractivity (Wildman–Crippen MR) is 107 cm³/mol. The van der Waals surface area contributed by atoms with Gasteiger partial charge in [0.1, 0.15) is 11.4 Å². The molecular formula is C22H21N3O2. The molecule has 1 aromatic heterocycles. The second kappa shape index (κ2) is 7.83. The number of nitrogens with one attached hydrogen (secondary N) is 2. The maximum Gasteiger partial charge on any atom is 0.274 e. The number of anilines is 2. The summed E-state index contributed by atoms with van der Waals surface area (Å²) in [7, 11) is 0. The number of pyridine rings is 1. The Morgan fingerprint density at radius 3 is 1.96 bits per heavy atom. The van der Waals surface area contributed by atoms with Crippen molar-refractivity contribution >= 4 is 23.2 Å². The topological polar surface area (TPSA) is 71.1 Å². The monoisotopic (exact) mass is 359 g/mol. The van der Waals surface area contributed by atoms with Crippen molar-refractivity contribution in [3.05, 3.63) is 88.7 Å². The first-order valence-electron chi connectivity index (χ1n) is 8.66. The smallest absolute Gasteiger partial charge is 0.274 e. The van der Waals surface area contributed by atoms with Gasteiger partial charge in [-0.2, -0.15) is 0 Å². The molecule has 0 spiro atoms. The largest absolute Gasteiger partial charge is 0.320 e. The Hall–Kier alpha value is -3.47. The molecule has 5 heteroatoms. The lowest BCUT2D eigenvalue weighted by Crippen LogP contribution is -2.19. The molecule has 0 aliphatic carbocycles. The van der Waals surface area contributed by atoms with Crippen LogP contribution in [0.25, 0.3) is 0 Å². The molecule has 0 aliphatic heterocycles. The quantitative estimate of drug-likeness (QED) is 0.720. The summed E-state index contributed by atoms with van der Waals surface area (Å²) in [6.45, 7) is 5.80. The van der Waals surface area contributed by atoms with Gasteiger partial charge in [-0.15, -0.1) is 0 Å². The number of hydrogen-bond donors (Lipinski definition) is 2. The molecule has 0 saturated carbocycles. The van der Waals surface area contributed by atoms with Gasteiger partial charge in [0, 0.05) is 11.4 Å². The highest BCUT2D eigenvalue weighted by molar-refractivity contribution is 6.06. The molecule has 3 rings (SSSR count). The Bertz CT molecular complexity index is 1010. The van der Waals surface area contributed by atoms with Crippen LogP contribution in [0.3, 0.4) is 0 Å². The average Bonchev–Trinajstić information content (AvgIpc) is 2.66. The summed E-state index contributed by atoms with van der Waals surface area (Å²) >= 11 is 0. The summed E-state index contributed by atoms with van der Waals surface area (Å²) in [5.41, 5.74) is 4.79. The Labute approximate surface area is 158 Å². The number of hydrogen-bond acceptors (Lipinski definition) is 3. The lowest BCUT2D eigenvalue weighted by atomic mass is 10.1. The molecule has 2 amide bonds. The highest BCUT2D eigenvalue weighted by atomic mass is 16.2. The molecule has 3 aromatic rings. The molecule has 0 saturated heterocycles. The molecule has 0 fully saturated rings. The van der Waals surface area contributed by atoms with Gasteiger partial charge in [0.05, 0.1) is 0 Å². The first-order valence-corrected chi connectivity index (χ1v) is 8.66. The van der Waals surface area contributed by atoms with E-state index < -0.39 is 0 Å². The Morgan fingerprint density at radius 1 is 0.704 bits per heavy atom. The highest BCUT2D eigenvalue weighted by Crippen LogP contribution is 2.18. The minimum absolute atomic E-state index is 0.187. The standard InChI is InChI=1S/C22H21N3O2/c1-14-11-12-16(3)20(13-14)25-22(27)19-10-6-9-18(23-19)21(26)24-17-8-5-4-7-15(17)2/h4-13H,1-3H3,(H,24,26)(H,25,27). The van der Waals surface area contributed by atoms with Crippen LogP contribution in [-0.4, -0.2) is 16.8 Å². The average molecular weight is 359 g/mol. The minimum atomic E-state index is -0.356. The number of aryl methyl sites for hydroxylation is 3. The molecule has 2 N–H and O–H groups in total. The fraction of sp³-hybridized carbons (Fsp3) is 0.136. The molecule has 27 heavy (non-hydrogen) atoms. The van der Waals surface area contributed by atoms with Gasteiger partial charge in [0.15, 0.2) is 0 Å². The maximum absolute atomic E-state index is 12.6. The van der Waals surface area contributed by atoms with Gasteiger partial charge >= 0.3 is 0 Å². The van der Waals surface area contributed by atoms with Crippen molar-refractivity contribution in [2.75, 3.05) is 10.6 Å². The number of carbonyl (C=O) groups excluding carboxylic acids is 2. The third-order valence-corrected chi connectivity index (χ3v) is 4.25. The Morgan fingerprint density at radius 2 is 1.30 bits per heavy atom. The third kappa shape index (κ3) is 4.39. The van der Waals surface area contributed by atoms with Crippen molar-refractivity contribution in [2.45, 2.75) is 20.8 Å². The normalized spacial score (nSPS) is 10.3. The molecule has 2 aromatic carbocycles. The molecule has 0 radical (unpaired) electrons. The van der Waals surface area contributed by atoms with Crippen LogP contribution in [-0.2, 0) is 0 Å². The predicted octanol–water partition coefficient (Wildman–Crippen LogP) is 4.51. The van der Waals surface area contributed by atoms with E-state index in [1.54, 1.807) is 18.2 Å². The van der Waals surface area contributed by atoms with Crippen molar-refractivity contribution in [1.82, 2.24) is 4.98 Å². The van der Waals surface area contributed by atoms with Gasteiger partial charge in [0.2, 0.25) is 0 Å². The van der Waals surface area contributed by atoms with Crippen LogP contribution in [0, 0.1) is 20.8 Å². The number of carbonyl (C=O) groups is 2. The number of amides is 2. The van der Waals surface area contributed by atoms with E-state index in [2.05, 4.69) is 15.6 Å². The minimum Gasteiger partial charge on any atom is -0.320 e. The van der Waals surface area contributed by atoms with Crippen molar-refractivity contribution in [3.8, 4) is 0 Å². The fourth-order valence-corrected chi connectivity index (χ4v) is 2.64. The second-order valence-electron chi connectivity index (χ2n) is 6.45. The Balaban J connectivity index is 1.78. The summed E-state index contributed by atoms with van der Waals surface area (Å²) < 4.78 is 0. The number of aromatic nitrogens is 1. The summed E-state index contributed by atoms with van der Waals surface area (Å²) in [4.78, 5) is 29.3. The number of rotatable bonds is 4. The first kappa shape index (κ1) is 18.3. The van der Waals surface area contributed by atoms with E-state index in [0.29, 0.717) is 0 Å². The molecule has 0 unspecified atom stereocenters.